The number of hydrogen-bond acceptors (Lipinski definition) is 4. The lowest BCUT2D eigenvalue weighted by molar-refractivity contribution is -0.138. The van der Waals surface area contributed by atoms with Gasteiger partial charge in [-0.2, -0.15) is 0 Å². The second-order valence-corrected chi connectivity index (χ2v) is 8.94. The molecule has 156 valence electrons. The van der Waals surface area contributed by atoms with Gasteiger partial charge in [0.25, 0.3) is 11.8 Å². The van der Waals surface area contributed by atoms with Crippen molar-refractivity contribution in [2.75, 3.05) is 13.1 Å². The van der Waals surface area contributed by atoms with Gasteiger partial charge in [0.2, 0.25) is 0 Å². The number of nitrogens with zero attached hydrogens (tertiary/aromatic N) is 3. The lowest BCUT2D eigenvalue weighted by atomic mass is 9.90. The van der Waals surface area contributed by atoms with E-state index in [0.717, 1.165) is 41.8 Å². The van der Waals surface area contributed by atoms with Gasteiger partial charge in [0.1, 0.15) is 5.70 Å². The van der Waals surface area contributed by atoms with Crippen molar-refractivity contribution in [2.24, 2.45) is 11.8 Å². The Hall–Kier alpha value is -2.95. The highest BCUT2D eigenvalue weighted by Crippen LogP contribution is 2.36. The smallest absolute Gasteiger partial charge is 0.278 e. The molecule has 30 heavy (non-hydrogen) atoms. The third kappa shape index (κ3) is 3.76. The van der Waals surface area contributed by atoms with Gasteiger partial charge in [0.15, 0.2) is 0 Å². The van der Waals surface area contributed by atoms with Gasteiger partial charge in [-0.05, 0) is 60.9 Å². The molecule has 2 atom stereocenters. The van der Waals surface area contributed by atoms with Crippen molar-refractivity contribution in [3.8, 4) is 0 Å². The molecule has 1 fully saturated rings. The molecule has 2 amide bonds. The van der Waals surface area contributed by atoms with Crippen LogP contribution in [0.1, 0.15) is 42.5 Å². The summed E-state index contributed by atoms with van der Waals surface area (Å²) in [4.78, 5) is 34.7. The zero-order valence-corrected chi connectivity index (χ0v) is 18.2. The van der Waals surface area contributed by atoms with Gasteiger partial charge in [-0.3, -0.25) is 19.5 Å². The fourth-order valence-electron chi connectivity index (χ4n) is 4.85. The number of benzene rings is 1. The molecule has 0 aliphatic carbocycles. The quantitative estimate of drug-likeness (QED) is 0.725. The third-order valence-electron chi connectivity index (χ3n) is 6.07. The summed E-state index contributed by atoms with van der Waals surface area (Å²) in [5.41, 5.74) is 5.04. The Kier molecular flexibility index (Phi) is 5.46. The molecule has 2 aromatic rings. The molecule has 0 spiro atoms. The van der Waals surface area contributed by atoms with E-state index in [0.29, 0.717) is 23.1 Å². The standard InChI is InChI=1S/C25H29N3O2/c1-16-5-6-21(19(4)12-16)22-23(27-13-17(2)11-18(3)14-27)25(30)28(24(22)29)15-20-7-9-26-10-8-20/h5-10,12,17-18H,11,13-15H2,1-4H3. The van der Waals surface area contributed by atoms with Crippen LogP contribution in [0.15, 0.2) is 48.4 Å². The van der Waals surface area contributed by atoms with Gasteiger partial charge in [-0.15, -0.1) is 0 Å². The molecule has 4 rings (SSSR count). The number of piperidine rings is 1. The summed E-state index contributed by atoms with van der Waals surface area (Å²) >= 11 is 0. The number of likely N-dealkylation sites (tertiary alicyclic amines) is 1. The van der Waals surface area contributed by atoms with Gasteiger partial charge in [0, 0.05) is 25.5 Å². The topological polar surface area (TPSA) is 53.5 Å². The van der Waals surface area contributed by atoms with Gasteiger partial charge in [-0.1, -0.05) is 37.6 Å². The van der Waals surface area contributed by atoms with Crippen LogP contribution in [0.5, 0.6) is 0 Å². The summed E-state index contributed by atoms with van der Waals surface area (Å²) in [5.74, 6) is 0.579. The second-order valence-electron chi connectivity index (χ2n) is 8.94. The molecule has 2 aliphatic rings. The SMILES string of the molecule is Cc1ccc(C2=C(N3CC(C)CC(C)C3)C(=O)N(Cc3ccncc3)C2=O)c(C)c1. The van der Waals surface area contributed by atoms with Gasteiger partial charge < -0.3 is 4.90 Å². The molecular weight excluding hydrogens is 374 g/mol. The normalized spacial score (nSPS) is 22.3. The Morgan fingerprint density at radius 2 is 1.63 bits per heavy atom. The fraction of sp³-hybridized carbons (Fsp3) is 0.400. The average Bonchev–Trinajstić information content (AvgIpc) is 2.93. The molecule has 0 saturated carbocycles. The van der Waals surface area contributed by atoms with E-state index in [9.17, 15) is 9.59 Å². The zero-order valence-electron chi connectivity index (χ0n) is 18.2. The summed E-state index contributed by atoms with van der Waals surface area (Å²) in [6.07, 6.45) is 4.52. The molecule has 1 aromatic carbocycles. The minimum absolute atomic E-state index is 0.187. The van der Waals surface area contributed by atoms with E-state index in [1.54, 1.807) is 12.4 Å². The molecule has 2 aliphatic heterocycles. The van der Waals surface area contributed by atoms with Crippen LogP contribution in [-0.2, 0) is 16.1 Å². The molecule has 1 aromatic heterocycles. The number of aromatic nitrogens is 1. The van der Waals surface area contributed by atoms with E-state index in [1.165, 1.54) is 4.90 Å². The van der Waals surface area contributed by atoms with Crippen molar-refractivity contribution in [3.63, 3.8) is 0 Å². The predicted molar refractivity (Wildman–Crippen MR) is 117 cm³/mol. The number of imide groups is 1. The van der Waals surface area contributed by atoms with Crippen LogP contribution < -0.4 is 0 Å². The first-order valence-corrected chi connectivity index (χ1v) is 10.7. The molecule has 1 saturated heterocycles. The minimum Gasteiger partial charge on any atom is -0.366 e. The summed E-state index contributed by atoms with van der Waals surface area (Å²) in [6, 6.07) is 9.76. The highest BCUT2D eigenvalue weighted by atomic mass is 16.2. The summed E-state index contributed by atoms with van der Waals surface area (Å²) in [6.45, 7) is 10.4. The average molecular weight is 404 g/mol. The van der Waals surface area contributed by atoms with E-state index >= 15 is 0 Å². The van der Waals surface area contributed by atoms with Crippen LogP contribution in [0.25, 0.3) is 5.57 Å². The Morgan fingerprint density at radius 1 is 0.967 bits per heavy atom. The molecule has 0 N–H and O–H groups in total. The summed E-state index contributed by atoms with van der Waals surface area (Å²) < 4.78 is 0. The van der Waals surface area contributed by atoms with Crippen LogP contribution in [0, 0.1) is 25.7 Å². The maximum absolute atomic E-state index is 13.6. The van der Waals surface area contributed by atoms with E-state index < -0.39 is 0 Å². The maximum atomic E-state index is 13.6. The fourth-order valence-corrected chi connectivity index (χ4v) is 4.85. The van der Waals surface area contributed by atoms with Crippen LogP contribution in [0.4, 0.5) is 0 Å². The van der Waals surface area contributed by atoms with Crippen LogP contribution >= 0.6 is 0 Å². The predicted octanol–water partition coefficient (Wildman–Crippen LogP) is 3.96. The Morgan fingerprint density at radius 3 is 2.27 bits per heavy atom. The van der Waals surface area contributed by atoms with Crippen molar-refractivity contribution in [1.29, 1.82) is 0 Å². The maximum Gasteiger partial charge on any atom is 0.278 e. The van der Waals surface area contributed by atoms with Crippen LogP contribution in [0.3, 0.4) is 0 Å². The molecule has 5 nitrogen and oxygen atoms in total. The molecule has 3 heterocycles. The number of rotatable bonds is 4. The monoisotopic (exact) mass is 403 g/mol. The van der Waals surface area contributed by atoms with Crippen molar-refractivity contribution in [2.45, 2.75) is 40.7 Å². The first-order chi connectivity index (χ1) is 14.3. The van der Waals surface area contributed by atoms with Crippen molar-refractivity contribution in [3.05, 3.63) is 70.7 Å². The number of hydrogen-bond donors (Lipinski definition) is 0. The molecule has 0 radical (unpaired) electrons. The van der Waals surface area contributed by atoms with Crippen LogP contribution in [-0.4, -0.2) is 39.7 Å². The highest BCUT2D eigenvalue weighted by Gasteiger charge is 2.43. The van der Waals surface area contributed by atoms with Gasteiger partial charge in [-0.25, -0.2) is 0 Å². The molecule has 2 unspecified atom stereocenters. The Labute approximate surface area is 178 Å². The van der Waals surface area contributed by atoms with Crippen LogP contribution in [0.2, 0.25) is 0 Å². The van der Waals surface area contributed by atoms with Crippen molar-refractivity contribution < 1.29 is 9.59 Å². The van der Waals surface area contributed by atoms with E-state index in [2.05, 4.69) is 29.8 Å². The number of pyridine rings is 1. The molecule has 0 bridgehead atoms. The lowest BCUT2D eigenvalue weighted by Gasteiger charge is -2.37. The third-order valence-corrected chi connectivity index (χ3v) is 6.07. The van der Waals surface area contributed by atoms with E-state index in [-0.39, 0.29) is 18.4 Å². The van der Waals surface area contributed by atoms with Crippen molar-refractivity contribution >= 4 is 17.4 Å². The Balaban J connectivity index is 1.79. The van der Waals surface area contributed by atoms with Crippen molar-refractivity contribution in [1.82, 2.24) is 14.8 Å². The van der Waals surface area contributed by atoms with E-state index in [4.69, 9.17) is 0 Å². The molecular formula is C25H29N3O2. The number of aryl methyl sites for hydroxylation is 2. The highest BCUT2D eigenvalue weighted by molar-refractivity contribution is 6.35. The second kappa shape index (κ2) is 8.05. The number of amides is 2. The largest absolute Gasteiger partial charge is 0.366 e. The Bertz CT molecular complexity index is 1000. The zero-order chi connectivity index (χ0) is 21.4. The number of carbonyl (C=O) groups is 2. The summed E-state index contributed by atoms with van der Waals surface area (Å²) in [5, 5.41) is 0. The van der Waals surface area contributed by atoms with Gasteiger partial charge in [0.05, 0.1) is 12.1 Å². The lowest BCUT2D eigenvalue weighted by Crippen LogP contribution is -2.41. The minimum atomic E-state index is -0.204. The van der Waals surface area contributed by atoms with E-state index in [1.807, 2.05) is 38.1 Å². The first-order valence-electron chi connectivity index (χ1n) is 10.7. The first kappa shape index (κ1) is 20.3. The summed E-state index contributed by atoms with van der Waals surface area (Å²) in [7, 11) is 0. The van der Waals surface area contributed by atoms with Gasteiger partial charge >= 0.3 is 0 Å². The number of carbonyl (C=O) groups excluding carboxylic acids is 2. The molecule has 5 heteroatoms.